The molecule has 7 nitrogen and oxygen atoms in total. The number of fused-ring (bicyclic) bond motifs is 1. The second-order valence-electron chi connectivity index (χ2n) is 8.82. The highest BCUT2D eigenvalue weighted by Gasteiger charge is 2.41. The van der Waals surface area contributed by atoms with E-state index in [-0.39, 0.29) is 18.9 Å². The number of ether oxygens (including phenoxy) is 2. The molecule has 8 heteroatoms. The standard InChI is InChI=1S/C25H29N5O2S/c1-16-13-19(17(2)30(16)18-8-9-21-22(14-18)32-15-31-21)24-23(20-7-5-6-10-26-20)27-25(33)29(24)12-11-28(3)4/h5-10,13-14,23-24H,11-12,15H2,1-4H3,(H,27,33)/t23-,24-/m1/s1. The van der Waals surface area contributed by atoms with Gasteiger partial charge in [-0.25, -0.2) is 0 Å². The van der Waals surface area contributed by atoms with Crippen LogP contribution >= 0.6 is 12.2 Å². The first-order valence-corrected chi connectivity index (χ1v) is 11.6. The van der Waals surface area contributed by atoms with Crippen molar-refractivity contribution in [3.05, 3.63) is 71.3 Å². The van der Waals surface area contributed by atoms with Gasteiger partial charge in [-0.15, -0.1) is 0 Å². The molecular weight excluding hydrogens is 434 g/mol. The molecule has 0 spiro atoms. The van der Waals surface area contributed by atoms with Crippen LogP contribution in [0.1, 0.15) is 34.7 Å². The number of nitrogens with one attached hydrogen (secondary N) is 1. The van der Waals surface area contributed by atoms with Crippen LogP contribution in [0.4, 0.5) is 0 Å². The third-order valence-electron chi connectivity index (χ3n) is 6.39. The van der Waals surface area contributed by atoms with Gasteiger partial charge in [0.15, 0.2) is 16.6 Å². The maximum atomic E-state index is 5.81. The molecule has 3 aromatic rings. The number of aromatic nitrogens is 2. The van der Waals surface area contributed by atoms with E-state index in [0.717, 1.165) is 46.8 Å². The molecular formula is C25H29N5O2S. The number of thiocarbonyl (C=S) groups is 1. The molecule has 0 bridgehead atoms. The zero-order valence-electron chi connectivity index (χ0n) is 19.4. The van der Waals surface area contributed by atoms with Crippen molar-refractivity contribution >= 4 is 17.3 Å². The molecule has 0 amide bonds. The highest BCUT2D eigenvalue weighted by atomic mass is 32.1. The predicted molar refractivity (Wildman–Crippen MR) is 132 cm³/mol. The summed E-state index contributed by atoms with van der Waals surface area (Å²) in [5.41, 5.74) is 5.63. The molecule has 1 aromatic carbocycles. The van der Waals surface area contributed by atoms with Crippen LogP contribution in [0.2, 0.25) is 0 Å². The van der Waals surface area contributed by atoms with Crippen molar-refractivity contribution in [2.24, 2.45) is 0 Å². The summed E-state index contributed by atoms with van der Waals surface area (Å²) < 4.78 is 13.4. The van der Waals surface area contributed by atoms with Gasteiger partial charge in [-0.1, -0.05) is 6.07 Å². The number of hydrogen-bond acceptors (Lipinski definition) is 5. The Bertz CT molecular complexity index is 1180. The third kappa shape index (κ3) is 3.94. The second-order valence-corrected chi connectivity index (χ2v) is 9.21. The van der Waals surface area contributed by atoms with Crippen molar-refractivity contribution in [3.8, 4) is 17.2 Å². The van der Waals surface area contributed by atoms with Crippen LogP contribution in [0.5, 0.6) is 11.5 Å². The zero-order valence-corrected chi connectivity index (χ0v) is 20.2. The summed E-state index contributed by atoms with van der Waals surface area (Å²) in [5, 5.41) is 4.32. The fourth-order valence-electron chi connectivity index (χ4n) is 4.80. The summed E-state index contributed by atoms with van der Waals surface area (Å²) in [5.74, 6) is 1.57. The molecule has 2 aliphatic rings. The predicted octanol–water partition coefficient (Wildman–Crippen LogP) is 3.75. The van der Waals surface area contributed by atoms with E-state index in [4.69, 9.17) is 21.7 Å². The number of hydrogen-bond donors (Lipinski definition) is 1. The second kappa shape index (κ2) is 8.68. The number of aryl methyl sites for hydroxylation is 1. The zero-order chi connectivity index (χ0) is 23.1. The summed E-state index contributed by atoms with van der Waals surface area (Å²) in [7, 11) is 4.17. The largest absolute Gasteiger partial charge is 0.454 e. The average Bonchev–Trinajstić information content (AvgIpc) is 3.47. The Morgan fingerprint density at radius 2 is 1.94 bits per heavy atom. The van der Waals surface area contributed by atoms with Crippen molar-refractivity contribution < 1.29 is 9.47 Å². The molecule has 2 aromatic heterocycles. The van der Waals surface area contributed by atoms with Crippen LogP contribution < -0.4 is 14.8 Å². The Hall–Kier alpha value is -3.10. The Kier molecular flexibility index (Phi) is 5.72. The molecule has 0 radical (unpaired) electrons. The van der Waals surface area contributed by atoms with E-state index in [2.05, 4.69) is 70.8 Å². The van der Waals surface area contributed by atoms with Gasteiger partial charge in [-0.05, 0) is 76.1 Å². The highest BCUT2D eigenvalue weighted by Crippen LogP contribution is 2.42. The van der Waals surface area contributed by atoms with Crippen LogP contribution in [0.3, 0.4) is 0 Å². The Labute approximate surface area is 199 Å². The topological polar surface area (TPSA) is 54.8 Å². The molecule has 1 saturated heterocycles. The SMILES string of the molecule is Cc1cc([C@@H]2[C@@H](c3ccccn3)NC(=S)N2CCN(C)C)c(C)n1-c1ccc2c(c1)OCO2. The van der Waals surface area contributed by atoms with Crippen LogP contribution in [0.25, 0.3) is 5.69 Å². The van der Waals surface area contributed by atoms with E-state index >= 15 is 0 Å². The molecule has 0 aliphatic carbocycles. The van der Waals surface area contributed by atoms with Gasteiger partial charge in [0.25, 0.3) is 0 Å². The summed E-state index contributed by atoms with van der Waals surface area (Å²) >= 11 is 5.81. The molecule has 1 fully saturated rings. The number of rotatable bonds is 6. The van der Waals surface area contributed by atoms with E-state index in [0.29, 0.717) is 0 Å². The lowest BCUT2D eigenvalue weighted by Gasteiger charge is -2.29. The van der Waals surface area contributed by atoms with Crippen molar-refractivity contribution in [1.82, 2.24) is 24.7 Å². The molecule has 0 unspecified atom stereocenters. The van der Waals surface area contributed by atoms with E-state index in [1.165, 1.54) is 11.3 Å². The fourth-order valence-corrected chi connectivity index (χ4v) is 5.13. The molecule has 33 heavy (non-hydrogen) atoms. The van der Waals surface area contributed by atoms with Crippen molar-refractivity contribution in [2.45, 2.75) is 25.9 Å². The molecule has 2 aliphatic heterocycles. The van der Waals surface area contributed by atoms with Gasteiger partial charge in [0.05, 0.1) is 17.8 Å². The molecule has 172 valence electrons. The van der Waals surface area contributed by atoms with Gasteiger partial charge in [0, 0.05) is 42.4 Å². The summed E-state index contributed by atoms with van der Waals surface area (Å²) in [4.78, 5) is 9.15. The minimum absolute atomic E-state index is 0.0217. The van der Waals surface area contributed by atoms with Crippen LogP contribution in [0, 0.1) is 13.8 Å². The monoisotopic (exact) mass is 463 g/mol. The van der Waals surface area contributed by atoms with Gasteiger partial charge in [0.2, 0.25) is 6.79 Å². The Morgan fingerprint density at radius 1 is 1.12 bits per heavy atom. The smallest absolute Gasteiger partial charge is 0.231 e. The van der Waals surface area contributed by atoms with Crippen LogP contribution in [0.15, 0.2) is 48.7 Å². The molecule has 1 N–H and O–H groups in total. The van der Waals surface area contributed by atoms with Crippen molar-refractivity contribution in [3.63, 3.8) is 0 Å². The first-order valence-electron chi connectivity index (χ1n) is 11.2. The number of benzene rings is 1. The number of pyridine rings is 1. The number of nitrogens with zero attached hydrogens (tertiary/aromatic N) is 4. The normalized spacial score (nSPS) is 19.4. The van der Waals surface area contributed by atoms with Crippen molar-refractivity contribution in [1.29, 1.82) is 0 Å². The minimum Gasteiger partial charge on any atom is -0.454 e. The lowest BCUT2D eigenvalue weighted by Crippen LogP contribution is -2.35. The molecule has 4 heterocycles. The van der Waals surface area contributed by atoms with E-state index in [9.17, 15) is 0 Å². The average molecular weight is 464 g/mol. The third-order valence-corrected chi connectivity index (χ3v) is 6.74. The van der Waals surface area contributed by atoms with Gasteiger partial charge in [-0.2, -0.15) is 0 Å². The first-order chi connectivity index (χ1) is 15.9. The minimum atomic E-state index is -0.0217. The maximum Gasteiger partial charge on any atom is 0.231 e. The fraction of sp³-hybridized carbons (Fsp3) is 0.360. The number of likely N-dealkylation sites (N-methyl/N-ethyl adjacent to an activating group) is 1. The quantitative estimate of drug-likeness (QED) is 0.559. The van der Waals surface area contributed by atoms with E-state index in [1.54, 1.807) is 0 Å². The summed E-state index contributed by atoms with van der Waals surface area (Å²) in [6.45, 7) is 6.33. The molecule has 2 atom stereocenters. The molecule has 0 saturated carbocycles. The molecule has 5 rings (SSSR count). The maximum absolute atomic E-state index is 5.81. The Morgan fingerprint density at radius 3 is 2.70 bits per heavy atom. The summed E-state index contributed by atoms with van der Waals surface area (Å²) in [6.07, 6.45) is 1.84. The van der Waals surface area contributed by atoms with Gasteiger partial charge >= 0.3 is 0 Å². The van der Waals surface area contributed by atoms with Gasteiger partial charge in [-0.3, -0.25) is 4.98 Å². The lowest BCUT2D eigenvalue weighted by atomic mass is 9.96. The first kappa shape index (κ1) is 21.7. The highest BCUT2D eigenvalue weighted by molar-refractivity contribution is 7.80. The summed E-state index contributed by atoms with van der Waals surface area (Å²) in [6, 6.07) is 14.4. The van der Waals surface area contributed by atoms with E-state index in [1.807, 2.05) is 30.5 Å². The lowest BCUT2D eigenvalue weighted by molar-refractivity contribution is 0.174. The Balaban J connectivity index is 1.58. The van der Waals surface area contributed by atoms with E-state index < -0.39 is 0 Å². The van der Waals surface area contributed by atoms with Crippen LogP contribution in [-0.2, 0) is 0 Å². The van der Waals surface area contributed by atoms with Gasteiger partial charge in [0.1, 0.15) is 0 Å². The van der Waals surface area contributed by atoms with Gasteiger partial charge < -0.3 is 29.2 Å². The van der Waals surface area contributed by atoms with Crippen molar-refractivity contribution in [2.75, 3.05) is 34.0 Å². The van der Waals surface area contributed by atoms with Crippen LogP contribution in [-0.4, -0.2) is 58.4 Å².